The van der Waals surface area contributed by atoms with Crippen LogP contribution in [0.1, 0.15) is 18.4 Å². The lowest BCUT2D eigenvalue weighted by atomic mass is 9.77. The number of rotatable bonds is 4. The van der Waals surface area contributed by atoms with Gasteiger partial charge < -0.3 is 9.47 Å². The summed E-state index contributed by atoms with van der Waals surface area (Å²) in [6, 6.07) is 6.81. The molecule has 0 bridgehead atoms. The van der Waals surface area contributed by atoms with E-state index in [9.17, 15) is 4.39 Å². The van der Waals surface area contributed by atoms with Crippen LogP contribution in [0.5, 0.6) is 0 Å². The highest BCUT2D eigenvalue weighted by atomic mass is 19.1. The zero-order valence-electron chi connectivity index (χ0n) is 12.0. The Kier molecular flexibility index (Phi) is 4.06. The van der Waals surface area contributed by atoms with Crippen molar-refractivity contribution in [2.45, 2.75) is 25.5 Å². The van der Waals surface area contributed by atoms with Crippen molar-refractivity contribution in [1.82, 2.24) is 4.90 Å². The molecule has 2 atom stereocenters. The van der Waals surface area contributed by atoms with Gasteiger partial charge in [0.1, 0.15) is 5.82 Å². The third-order valence-electron chi connectivity index (χ3n) is 4.60. The lowest BCUT2D eigenvalue weighted by Gasteiger charge is -2.43. The van der Waals surface area contributed by atoms with Gasteiger partial charge in [-0.25, -0.2) is 4.39 Å². The molecule has 0 radical (unpaired) electrons. The molecule has 0 amide bonds. The maximum Gasteiger partial charge on any atom is 0.123 e. The van der Waals surface area contributed by atoms with Gasteiger partial charge >= 0.3 is 0 Å². The van der Waals surface area contributed by atoms with Gasteiger partial charge in [-0.2, -0.15) is 0 Å². The highest BCUT2D eigenvalue weighted by Gasteiger charge is 2.47. The van der Waals surface area contributed by atoms with Gasteiger partial charge in [0.15, 0.2) is 0 Å². The van der Waals surface area contributed by atoms with Crippen LogP contribution in [0.3, 0.4) is 0 Å². The summed E-state index contributed by atoms with van der Waals surface area (Å²) in [5, 5.41) is 0. The van der Waals surface area contributed by atoms with Crippen LogP contribution >= 0.6 is 0 Å². The van der Waals surface area contributed by atoms with Crippen LogP contribution in [0, 0.1) is 11.2 Å². The number of nitrogens with zero attached hydrogens (tertiary/aromatic N) is 1. The molecule has 1 aromatic rings. The molecule has 2 fully saturated rings. The maximum absolute atomic E-state index is 13.0. The van der Waals surface area contributed by atoms with Crippen molar-refractivity contribution in [1.29, 1.82) is 0 Å². The number of hydrogen-bond acceptors (Lipinski definition) is 3. The zero-order chi connectivity index (χ0) is 14.0. The van der Waals surface area contributed by atoms with Gasteiger partial charge in [-0.1, -0.05) is 12.1 Å². The molecule has 0 saturated carbocycles. The van der Waals surface area contributed by atoms with E-state index in [1.165, 1.54) is 12.1 Å². The number of benzene rings is 1. The molecule has 2 heterocycles. The quantitative estimate of drug-likeness (QED) is 0.845. The van der Waals surface area contributed by atoms with Crippen LogP contribution in [0.15, 0.2) is 24.3 Å². The lowest BCUT2D eigenvalue weighted by molar-refractivity contribution is -0.0557. The Morgan fingerprint density at radius 1 is 1.40 bits per heavy atom. The van der Waals surface area contributed by atoms with Gasteiger partial charge in [0.05, 0.1) is 12.7 Å². The van der Waals surface area contributed by atoms with Crippen molar-refractivity contribution in [3.05, 3.63) is 35.6 Å². The van der Waals surface area contributed by atoms with E-state index in [0.29, 0.717) is 6.10 Å². The molecule has 0 N–H and O–H groups in total. The first-order valence-electron chi connectivity index (χ1n) is 7.29. The molecular weight excluding hydrogens is 257 g/mol. The fourth-order valence-corrected chi connectivity index (χ4v) is 3.62. The van der Waals surface area contributed by atoms with Gasteiger partial charge in [-0.3, -0.25) is 4.90 Å². The van der Waals surface area contributed by atoms with E-state index in [0.717, 1.165) is 51.3 Å². The first-order valence-corrected chi connectivity index (χ1v) is 7.29. The van der Waals surface area contributed by atoms with Gasteiger partial charge in [0, 0.05) is 38.8 Å². The molecule has 2 aliphatic heterocycles. The fourth-order valence-electron chi connectivity index (χ4n) is 3.62. The molecule has 110 valence electrons. The minimum absolute atomic E-state index is 0.146. The van der Waals surface area contributed by atoms with Gasteiger partial charge in [0.2, 0.25) is 0 Å². The zero-order valence-corrected chi connectivity index (χ0v) is 12.0. The minimum Gasteiger partial charge on any atom is -0.384 e. The Morgan fingerprint density at radius 3 is 2.95 bits per heavy atom. The summed E-state index contributed by atoms with van der Waals surface area (Å²) in [5.41, 5.74) is 1.31. The first-order chi connectivity index (χ1) is 9.72. The molecule has 1 aromatic carbocycles. The van der Waals surface area contributed by atoms with Crippen LogP contribution in [-0.4, -0.2) is 44.4 Å². The molecule has 0 aromatic heterocycles. The number of ether oxygens (including phenoxy) is 2. The third kappa shape index (κ3) is 2.73. The summed E-state index contributed by atoms with van der Waals surface area (Å²) in [6.07, 6.45) is 2.47. The second kappa shape index (κ2) is 5.80. The number of fused-ring (bicyclic) bond motifs is 1. The van der Waals surface area contributed by atoms with Gasteiger partial charge in [-0.15, -0.1) is 0 Å². The molecular formula is C16H22FNO2. The number of halogens is 1. The van der Waals surface area contributed by atoms with E-state index in [1.807, 2.05) is 12.1 Å². The Morgan fingerprint density at radius 2 is 2.20 bits per heavy atom. The Labute approximate surface area is 119 Å². The Balaban J connectivity index is 1.68. The topological polar surface area (TPSA) is 21.7 Å². The van der Waals surface area contributed by atoms with E-state index < -0.39 is 0 Å². The van der Waals surface area contributed by atoms with Crippen molar-refractivity contribution in [3.63, 3.8) is 0 Å². The Hall–Kier alpha value is -0.970. The molecule has 20 heavy (non-hydrogen) atoms. The molecule has 0 aliphatic carbocycles. The van der Waals surface area contributed by atoms with Crippen LogP contribution in [-0.2, 0) is 16.0 Å². The first kappa shape index (κ1) is 14.0. The summed E-state index contributed by atoms with van der Waals surface area (Å²) in [5.74, 6) is -0.174. The van der Waals surface area contributed by atoms with Crippen molar-refractivity contribution in [2.24, 2.45) is 5.41 Å². The molecule has 0 unspecified atom stereocenters. The molecule has 0 spiro atoms. The Bertz CT molecular complexity index is 450. The molecule has 4 heteroatoms. The van der Waals surface area contributed by atoms with Crippen LogP contribution in [0.2, 0.25) is 0 Å². The molecule has 2 saturated heterocycles. The summed E-state index contributed by atoms with van der Waals surface area (Å²) in [6.45, 7) is 4.52. The molecule has 2 aliphatic rings. The maximum atomic E-state index is 13.0. The largest absolute Gasteiger partial charge is 0.384 e. The van der Waals surface area contributed by atoms with Crippen molar-refractivity contribution in [3.8, 4) is 0 Å². The minimum atomic E-state index is -0.174. The summed E-state index contributed by atoms with van der Waals surface area (Å²) in [7, 11) is 1.77. The smallest absolute Gasteiger partial charge is 0.123 e. The second-order valence-electron chi connectivity index (χ2n) is 6.03. The third-order valence-corrected chi connectivity index (χ3v) is 4.60. The summed E-state index contributed by atoms with van der Waals surface area (Å²) in [4.78, 5) is 2.44. The fraction of sp³-hybridized carbons (Fsp3) is 0.625. The second-order valence-corrected chi connectivity index (χ2v) is 6.03. The number of piperidine rings is 1. The van der Waals surface area contributed by atoms with Crippen molar-refractivity contribution in [2.75, 3.05) is 33.4 Å². The highest BCUT2D eigenvalue weighted by molar-refractivity contribution is 5.16. The van der Waals surface area contributed by atoms with Crippen molar-refractivity contribution >= 4 is 0 Å². The SMILES string of the molecule is COC[C@@]12CCO[C@@H]1CCN(Cc1ccc(F)cc1)C2. The summed E-state index contributed by atoms with van der Waals surface area (Å²) < 4.78 is 24.3. The van der Waals surface area contributed by atoms with Gasteiger partial charge in [-0.05, 0) is 30.5 Å². The van der Waals surface area contributed by atoms with E-state index in [-0.39, 0.29) is 11.2 Å². The highest BCUT2D eigenvalue weighted by Crippen LogP contribution is 2.41. The van der Waals surface area contributed by atoms with E-state index in [1.54, 1.807) is 7.11 Å². The number of hydrogen-bond donors (Lipinski definition) is 0. The predicted molar refractivity (Wildman–Crippen MR) is 75.0 cm³/mol. The number of likely N-dealkylation sites (tertiary alicyclic amines) is 1. The van der Waals surface area contributed by atoms with E-state index >= 15 is 0 Å². The number of methoxy groups -OCH3 is 1. The van der Waals surface area contributed by atoms with E-state index in [4.69, 9.17) is 9.47 Å². The van der Waals surface area contributed by atoms with Crippen LogP contribution in [0.4, 0.5) is 4.39 Å². The van der Waals surface area contributed by atoms with Crippen LogP contribution in [0.25, 0.3) is 0 Å². The van der Waals surface area contributed by atoms with Gasteiger partial charge in [0.25, 0.3) is 0 Å². The van der Waals surface area contributed by atoms with Crippen molar-refractivity contribution < 1.29 is 13.9 Å². The van der Waals surface area contributed by atoms with Crippen LogP contribution < -0.4 is 0 Å². The average molecular weight is 279 g/mol. The normalized spacial score (nSPS) is 30.4. The average Bonchev–Trinajstić information content (AvgIpc) is 2.84. The monoisotopic (exact) mass is 279 g/mol. The standard InChI is InChI=1S/C16H22FNO2/c1-19-12-16-7-9-20-15(16)6-8-18(11-16)10-13-2-4-14(17)5-3-13/h2-5,15H,6-12H2,1H3/t15-,16+/m1/s1. The lowest BCUT2D eigenvalue weighted by Crippen LogP contribution is -2.51. The van der Waals surface area contributed by atoms with E-state index in [2.05, 4.69) is 4.90 Å². The summed E-state index contributed by atoms with van der Waals surface area (Å²) >= 11 is 0. The molecule has 3 rings (SSSR count). The predicted octanol–water partition coefficient (Wildman–Crippen LogP) is 2.45. The molecule has 3 nitrogen and oxygen atoms in total.